The van der Waals surface area contributed by atoms with Gasteiger partial charge in [0.15, 0.2) is 16.6 Å². The smallest absolute Gasteiger partial charge is 0.203 e. The van der Waals surface area contributed by atoms with Crippen LogP contribution in [0.4, 0.5) is 0 Å². The summed E-state index contributed by atoms with van der Waals surface area (Å²) in [7, 11) is -4.79. The molecule has 0 saturated carbocycles. The van der Waals surface area contributed by atoms with Gasteiger partial charge in [0, 0.05) is 0 Å². The Hall–Kier alpha value is 0.571. The summed E-state index contributed by atoms with van der Waals surface area (Å²) in [6.07, 6.45) is 0. The lowest BCUT2D eigenvalue weighted by molar-refractivity contribution is 0.158. The van der Waals surface area contributed by atoms with Gasteiger partial charge in [0.2, 0.25) is 8.32 Å². The lowest BCUT2D eigenvalue weighted by Crippen LogP contribution is -2.61. The topological polar surface area (TPSA) is 18.5 Å². The molecule has 0 N–H and O–H groups in total. The van der Waals surface area contributed by atoms with Crippen molar-refractivity contribution in [3.63, 3.8) is 0 Å². The minimum atomic E-state index is -1.80. The number of rotatable bonds is 5. The predicted octanol–water partition coefficient (Wildman–Crippen LogP) is 4.21. The maximum atomic E-state index is 6.41. The number of hydrogen-bond donors (Lipinski definition) is 0. The van der Waals surface area contributed by atoms with Crippen LogP contribution in [0.1, 0.15) is 13.8 Å². The molecular formula is C11H30O2Si3. The highest BCUT2D eigenvalue weighted by Crippen LogP contribution is 2.31. The molecule has 0 rings (SSSR count). The van der Waals surface area contributed by atoms with Crippen molar-refractivity contribution in [3.05, 3.63) is 0 Å². The van der Waals surface area contributed by atoms with Gasteiger partial charge in [-0.25, -0.2) is 0 Å². The van der Waals surface area contributed by atoms with Gasteiger partial charge in [0.05, 0.1) is 5.22 Å². The van der Waals surface area contributed by atoms with E-state index in [4.69, 9.17) is 8.54 Å². The monoisotopic (exact) mass is 278 g/mol. The summed E-state index contributed by atoms with van der Waals surface area (Å²) in [6, 6.07) is 0. The van der Waals surface area contributed by atoms with Gasteiger partial charge in [-0.1, -0.05) is 0 Å². The van der Waals surface area contributed by atoms with Crippen LogP contribution in [0.2, 0.25) is 52.4 Å². The van der Waals surface area contributed by atoms with Crippen LogP contribution in [0.3, 0.4) is 0 Å². The Kier molecular flexibility index (Phi) is 4.85. The first-order valence-electron chi connectivity index (χ1n) is 6.07. The molecule has 0 fully saturated rings. The van der Waals surface area contributed by atoms with Crippen LogP contribution >= 0.6 is 0 Å². The van der Waals surface area contributed by atoms with Crippen molar-refractivity contribution < 1.29 is 8.54 Å². The summed E-state index contributed by atoms with van der Waals surface area (Å²) >= 11 is 0. The van der Waals surface area contributed by atoms with Gasteiger partial charge in [-0.3, -0.25) is 0 Å². The molecular weight excluding hydrogens is 248 g/mol. The van der Waals surface area contributed by atoms with Gasteiger partial charge in [0.1, 0.15) is 0 Å². The van der Waals surface area contributed by atoms with Crippen LogP contribution < -0.4 is 0 Å². The fourth-order valence-corrected chi connectivity index (χ4v) is 12.3. The average Bonchev–Trinajstić information content (AvgIpc) is 1.72. The van der Waals surface area contributed by atoms with Crippen LogP contribution in [0, 0.1) is 0 Å². The zero-order chi connectivity index (χ0) is 13.4. The highest BCUT2D eigenvalue weighted by molar-refractivity contribution is 6.86. The molecule has 0 bridgehead atoms. The first-order valence-corrected chi connectivity index (χ1v) is 15.8. The zero-order valence-corrected chi connectivity index (χ0v) is 15.8. The quantitative estimate of drug-likeness (QED) is 0.701. The Labute approximate surface area is 105 Å². The van der Waals surface area contributed by atoms with E-state index in [0.29, 0.717) is 0 Å². The van der Waals surface area contributed by atoms with E-state index in [1.807, 2.05) is 0 Å². The summed E-state index contributed by atoms with van der Waals surface area (Å²) in [4.78, 5) is 0. The third-order valence-corrected chi connectivity index (χ3v) is 11.4. The molecule has 0 radical (unpaired) electrons. The van der Waals surface area contributed by atoms with Gasteiger partial charge >= 0.3 is 0 Å². The minimum Gasteiger partial charge on any atom is -0.454 e. The van der Waals surface area contributed by atoms with Gasteiger partial charge in [-0.15, -0.1) is 0 Å². The Morgan fingerprint density at radius 1 is 0.688 bits per heavy atom. The van der Waals surface area contributed by atoms with E-state index in [9.17, 15) is 0 Å². The molecule has 16 heavy (non-hydrogen) atoms. The van der Waals surface area contributed by atoms with Gasteiger partial charge in [0.25, 0.3) is 0 Å². The average molecular weight is 279 g/mol. The highest BCUT2D eigenvalue weighted by Gasteiger charge is 2.46. The van der Waals surface area contributed by atoms with Gasteiger partial charge in [-0.05, 0) is 66.2 Å². The van der Waals surface area contributed by atoms with Gasteiger partial charge < -0.3 is 8.54 Å². The molecule has 0 aliphatic rings. The van der Waals surface area contributed by atoms with Crippen molar-refractivity contribution in [2.24, 2.45) is 0 Å². The molecule has 0 spiro atoms. The molecule has 0 aliphatic heterocycles. The molecule has 0 saturated heterocycles. The predicted molar refractivity (Wildman–Crippen MR) is 80.4 cm³/mol. The standard InChI is InChI=1S/C11H30O2Si3/c1-11(2,12-14(3,4)5)16(9,10)13-15(6,7)8/h1-10H3. The van der Waals surface area contributed by atoms with Crippen molar-refractivity contribution in [2.45, 2.75) is 71.4 Å². The third-order valence-electron chi connectivity index (χ3n) is 2.57. The lowest BCUT2D eigenvalue weighted by atomic mass is 10.5. The van der Waals surface area contributed by atoms with Crippen LogP contribution in [-0.2, 0) is 8.54 Å². The zero-order valence-electron chi connectivity index (χ0n) is 12.8. The van der Waals surface area contributed by atoms with Crippen LogP contribution in [0.5, 0.6) is 0 Å². The fraction of sp³-hybridized carbons (Fsp3) is 1.00. The number of hydrogen-bond acceptors (Lipinski definition) is 2. The summed E-state index contributed by atoms with van der Waals surface area (Å²) < 4.78 is 12.7. The second-order valence-corrected chi connectivity index (χ2v) is 21.1. The molecule has 0 aromatic rings. The Morgan fingerprint density at radius 2 is 1.06 bits per heavy atom. The maximum absolute atomic E-state index is 6.41. The first kappa shape index (κ1) is 16.6. The molecule has 0 aromatic heterocycles. The summed E-state index contributed by atoms with van der Waals surface area (Å²) in [5, 5.41) is -0.0995. The summed E-state index contributed by atoms with van der Waals surface area (Å²) in [5.41, 5.74) is 0. The second-order valence-electron chi connectivity index (χ2n) is 7.45. The molecule has 0 aliphatic carbocycles. The molecule has 0 heterocycles. The molecule has 5 heteroatoms. The normalized spacial score (nSPS) is 15.4. The maximum Gasteiger partial charge on any atom is 0.203 e. The highest BCUT2D eigenvalue weighted by atomic mass is 28.4. The Morgan fingerprint density at radius 3 is 1.31 bits per heavy atom. The second kappa shape index (κ2) is 4.68. The van der Waals surface area contributed by atoms with E-state index in [1.165, 1.54) is 0 Å². The van der Waals surface area contributed by atoms with Crippen molar-refractivity contribution in [1.82, 2.24) is 0 Å². The minimum absolute atomic E-state index is 0.0995. The van der Waals surface area contributed by atoms with E-state index in [-0.39, 0.29) is 5.22 Å². The third kappa shape index (κ3) is 5.77. The van der Waals surface area contributed by atoms with E-state index >= 15 is 0 Å². The largest absolute Gasteiger partial charge is 0.454 e. The van der Waals surface area contributed by atoms with Crippen molar-refractivity contribution in [1.29, 1.82) is 0 Å². The van der Waals surface area contributed by atoms with Crippen LogP contribution in [0.25, 0.3) is 0 Å². The Balaban J connectivity index is 4.85. The van der Waals surface area contributed by atoms with Crippen LogP contribution in [-0.4, -0.2) is 30.2 Å². The van der Waals surface area contributed by atoms with E-state index in [0.717, 1.165) is 0 Å². The van der Waals surface area contributed by atoms with E-state index < -0.39 is 25.0 Å². The van der Waals surface area contributed by atoms with E-state index in [2.05, 4.69) is 66.2 Å². The first-order chi connectivity index (χ1) is 6.66. The molecule has 98 valence electrons. The molecule has 0 amide bonds. The van der Waals surface area contributed by atoms with Crippen molar-refractivity contribution in [3.8, 4) is 0 Å². The molecule has 2 nitrogen and oxygen atoms in total. The fourth-order valence-electron chi connectivity index (χ4n) is 1.78. The van der Waals surface area contributed by atoms with Crippen LogP contribution in [0.15, 0.2) is 0 Å². The SMILES string of the molecule is CC(C)(O[Si](C)(C)C)[Si](C)(C)O[Si](C)(C)C. The van der Waals surface area contributed by atoms with Crippen molar-refractivity contribution >= 4 is 25.0 Å². The Bertz CT molecular complexity index is 211. The molecule has 0 atom stereocenters. The van der Waals surface area contributed by atoms with Crippen molar-refractivity contribution in [2.75, 3.05) is 0 Å². The van der Waals surface area contributed by atoms with Gasteiger partial charge in [-0.2, -0.15) is 0 Å². The summed E-state index contributed by atoms with van der Waals surface area (Å²) in [6.45, 7) is 22.5. The summed E-state index contributed by atoms with van der Waals surface area (Å²) in [5.74, 6) is 0. The lowest BCUT2D eigenvalue weighted by Gasteiger charge is -2.46. The molecule has 0 unspecified atom stereocenters. The molecule has 0 aromatic carbocycles. The van der Waals surface area contributed by atoms with E-state index in [1.54, 1.807) is 0 Å².